The molecule has 3 aromatic rings. The first-order valence-electron chi connectivity index (χ1n) is 12.4. The number of rotatable bonds is 14. The van der Waals surface area contributed by atoms with Crippen molar-refractivity contribution >= 4 is 17.6 Å². The zero-order valence-electron chi connectivity index (χ0n) is 22.2. The summed E-state index contributed by atoms with van der Waals surface area (Å²) in [5.74, 6) is -0.256. The fraction of sp³-hybridized carbons (Fsp3) is 0.357. The van der Waals surface area contributed by atoms with Crippen LogP contribution in [-0.4, -0.2) is 69.3 Å². The lowest BCUT2D eigenvalue weighted by Gasteiger charge is -2.27. The molecule has 1 heterocycles. The number of benzene rings is 2. The molecule has 11 heteroatoms. The lowest BCUT2D eigenvalue weighted by atomic mass is 10.1. The number of ether oxygens (including phenoxy) is 3. The first kappa shape index (κ1) is 29.4. The number of carbonyl (C=O) groups excluding carboxylic acids is 2. The van der Waals surface area contributed by atoms with Gasteiger partial charge in [-0.2, -0.15) is 0 Å². The van der Waals surface area contributed by atoms with Gasteiger partial charge in [0.15, 0.2) is 11.5 Å². The predicted molar refractivity (Wildman–Crippen MR) is 141 cm³/mol. The van der Waals surface area contributed by atoms with Gasteiger partial charge in [-0.3, -0.25) is 4.79 Å². The molecule has 0 radical (unpaired) electrons. The highest BCUT2D eigenvalue weighted by Gasteiger charge is 2.23. The topological polar surface area (TPSA) is 93.5 Å². The van der Waals surface area contributed by atoms with Crippen LogP contribution in [0, 0.1) is 11.6 Å². The van der Waals surface area contributed by atoms with Crippen LogP contribution >= 0.6 is 0 Å². The fourth-order valence-electron chi connectivity index (χ4n) is 3.88. The van der Waals surface area contributed by atoms with E-state index in [2.05, 4.69) is 5.32 Å². The molecule has 0 saturated heterocycles. The van der Waals surface area contributed by atoms with Crippen molar-refractivity contribution in [3.05, 3.63) is 77.8 Å². The maximum Gasteiger partial charge on any atom is 0.322 e. The van der Waals surface area contributed by atoms with Crippen molar-refractivity contribution in [3.63, 3.8) is 0 Å². The summed E-state index contributed by atoms with van der Waals surface area (Å²) in [7, 11) is 4.64. The molecule has 1 N–H and O–H groups in total. The SMILES string of the molecule is COCCCN(CC(=O)N(CCc1ccc(OC)c(OC)c1)Cc1ccco1)C(=O)Nc1ccc(F)cc1F. The Morgan fingerprint density at radius 2 is 1.74 bits per heavy atom. The smallest absolute Gasteiger partial charge is 0.322 e. The van der Waals surface area contributed by atoms with E-state index < -0.39 is 17.7 Å². The number of methoxy groups -OCH3 is 3. The lowest BCUT2D eigenvalue weighted by Crippen LogP contribution is -2.45. The number of furan rings is 1. The van der Waals surface area contributed by atoms with E-state index in [1.54, 1.807) is 37.3 Å². The zero-order valence-corrected chi connectivity index (χ0v) is 22.2. The molecule has 39 heavy (non-hydrogen) atoms. The molecule has 0 atom stereocenters. The van der Waals surface area contributed by atoms with Crippen LogP contribution in [0.15, 0.2) is 59.2 Å². The first-order valence-corrected chi connectivity index (χ1v) is 12.4. The standard InChI is InChI=1S/C28H33F2N3O6/c1-36-14-5-12-33(28(35)31-24-9-8-21(29)17-23(24)30)19-27(34)32(18-22-6-4-15-39-22)13-11-20-7-10-25(37-2)26(16-20)38-3/h4,6-10,15-17H,5,11-14,18-19H2,1-3H3,(H,31,35). The van der Waals surface area contributed by atoms with E-state index in [1.807, 2.05) is 12.1 Å². The van der Waals surface area contributed by atoms with Crippen LogP contribution in [0.25, 0.3) is 0 Å². The minimum atomic E-state index is -0.916. The monoisotopic (exact) mass is 545 g/mol. The quantitative estimate of drug-likeness (QED) is 0.295. The third-order valence-electron chi connectivity index (χ3n) is 5.96. The first-order chi connectivity index (χ1) is 18.8. The Labute approximate surface area is 226 Å². The van der Waals surface area contributed by atoms with E-state index in [4.69, 9.17) is 18.6 Å². The van der Waals surface area contributed by atoms with Crippen LogP contribution in [-0.2, 0) is 22.5 Å². The Morgan fingerprint density at radius 3 is 2.41 bits per heavy atom. The lowest BCUT2D eigenvalue weighted by molar-refractivity contribution is -0.132. The third-order valence-corrected chi connectivity index (χ3v) is 5.96. The van der Waals surface area contributed by atoms with E-state index in [-0.39, 0.29) is 31.2 Å². The van der Waals surface area contributed by atoms with Crippen molar-refractivity contribution < 1.29 is 37.0 Å². The molecule has 0 saturated carbocycles. The van der Waals surface area contributed by atoms with E-state index in [9.17, 15) is 18.4 Å². The minimum Gasteiger partial charge on any atom is -0.493 e. The van der Waals surface area contributed by atoms with Crippen molar-refractivity contribution in [1.82, 2.24) is 9.80 Å². The predicted octanol–water partition coefficient (Wildman–Crippen LogP) is 4.72. The number of halogens is 2. The molecular formula is C28H33F2N3O6. The number of nitrogens with one attached hydrogen (secondary N) is 1. The van der Waals surface area contributed by atoms with E-state index in [0.29, 0.717) is 49.3 Å². The second kappa shape index (κ2) is 14.7. The number of anilines is 1. The molecule has 0 aliphatic rings. The normalized spacial score (nSPS) is 10.7. The van der Waals surface area contributed by atoms with Gasteiger partial charge in [-0.1, -0.05) is 6.07 Å². The number of hydrogen-bond donors (Lipinski definition) is 1. The van der Waals surface area contributed by atoms with Gasteiger partial charge in [0.1, 0.15) is 23.9 Å². The maximum absolute atomic E-state index is 14.2. The van der Waals surface area contributed by atoms with E-state index >= 15 is 0 Å². The molecule has 3 amide bonds. The summed E-state index contributed by atoms with van der Waals surface area (Å²) >= 11 is 0. The van der Waals surface area contributed by atoms with Crippen molar-refractivity contribution in [1.29, 1.82) is 0 Å². The molecule has 1 aromatic heterocycles. The van der Waals surface area contributed by atoms with Gasteiger partial charge in [-0.25, -0.2) is 13.6 Å². The Balaban J connectivity index is 1.75. The minimum absolute atomic E-state index is 0.179. The van der Waals surface area contributed by atoms with Crippen LogP contribution in [0.4, 0.5) is 19.3 Å². The van der Waals surface area contributed by atoms with Crippen LogP contribution in [0.3, 0.4) is 0 Å². The van der Waals surface area contributed by atoms with Gasteiger partial charge in [0.25, 0.3) is 0 Å². The van der Waals surface area contributed by atoms with E-state index in [1.165, 1.54) is 18.3 Å². The molecule has 0 aliphatic heterocycles. The Bertz CT molecular complexity index is 1220. The molecule has 210 valence electrons. The summed E-state index contributed by atoms with van der Waals surface area (Å²) < 4.78 is 48.6. The van der Waals surface area contributed by atoms with Crippen molar-refractivity contribution in [2.75, 3.05) is 52.9 Å². The van der Waals surface area contributed by atoms with Crippen LogP contribution in [0.5, 0.6) is 11.5 Å². The molecule has 0 aliphatic carbocycles. The molecule has 3 rings (SSSR count). The number of amides is 3. The molecule has 0 unspecified atom stereocenters. The molecule has 0 spiro atoms. The number of carbonyl (C=O) groups is 2. The molecular weight excluding hydrogens is 512 g/mol. The van der Waals surface area contributed by atoms with Gasteiger partial charge in [-0.15, -0.1) is 0 Å². The summed E-state index contributed by atoms with van der Waals surface area (Å²) in [5.41, 5.74) is 0.734. The second-order valence-electron chi connectivity index (χ2n) is 8.66. The largest absolute Gasteiger partial charge is 0.493 e. The van der Waals surface area contributed by atoms with Gasteiger partial charge in [-0.05, 0) is 54.8 Å². The number of nitrogens with zero attached hydrogens (tertiary/aromatic N) is 2. The summed E-state index contributed by atoms with van der Waals surface area (Å²) in [6.45, 7) is 0.788. The fourth-order valence-corrected chi connectivity index (χ4v) is 3.88. The van der Waals surface area contributed by atoms with Gasteiger partial charge >= 0.3 is 6.03 Å². The molecule has 2 aromatic carbocycles. The van der Waals surface area contributed by atoms with Crippen LogP contribution < -0.4 is 14.8 Å². The highest BCUT2D eigenvalue weighted by Crippen LogP contribution is 2.28. The highest BCUT2D eigenvalue weighted by atomic mass is 19.1. The van der Waals surface area contributed by atoms with Gasteiger partial charge < -0.3 is 33.7 Å². The highest BCUT2D eigenvalue weighted by molar-refractivity contribution is 5.92. The summed E-state index contributed by atoms with van der Waals surface area (Å²) in [6.07, 6.45) is 2.48. The summed E-state index contributed by atoms with van der Waals surface area (Å²) in [6, 6.07) is 11.2. The van der Waals surface area contributed by atoms with Gasteiger partial charge in [0, 0.05) is 32.9 Å². The number of hydrogen-bond acceptors (Lipinski definition) is 6. The summed E-state index contributed by atoms with van der Waals surface area (Å²) in [4.78, 5) is 29.4. The number of urea groups is 1. The molecule has 0 fully saturated rings. The second-order valence-corrected chi connectivity index (χ2v) is 8.66. The Kier molecular flexibility index (Phi) is 11.1. The molecule has 9 nitrogen and oxygen atoms in total. The summed E-state index contributed by atoms with van der Waals surface area (Å²) in [5, 5.41) is 2.43. The van der Waals surface area contributed by atoms with Crippen molar-refractivity contribution in [2.45, 2.75) is 19.4 Å². The van der Waals surface area contributed by atoms with Crippen LogP contribution in [0.2, 0.25) is 0 Å². The van der Waals surface area contributed by atoms with Crippen molar-refractivity contribution in [3.8, 4) is 11.5 Å². The Morgan fingerprint density at radius 1 is 0.949 bits per heavy atom. The van der Waals surface area contributed by atoms with Crippen LogP contribution in [0.1, 0.15) is 17.7 Å². The Hall–Kier alpha value is -4.12. The van der Waals surface area contributed by atoms with Gasteiger partial charge in [0.2, 0.25) is 5.91 Å². The maximum atomic E-state index is 14.2. The third kappa shape index (κ3) is 8.71. The molecule has 0 bridgehead atoms. The average Bonchev–Trinajstić information content (AvgIpc) is 3.45. The zero-order chi connectivity index (χ0) is 28.2. The van der Waals surface area contributed by atoms with E-state index in [0.717, 1.165) is 17.7 Å². The van der Waals surface area contributed by atoms with Crippen molar-refractivity contribution in [2.24, 2.45) is 0 Å². The average molecular weight is 546 g/mol. The van der Waals surface area contributed by atoms with Gasteiger partial charge in [0.05, 0.1) is 32.7 Å².